The quantitative estimate of drug-likeness (QED) is 0.612. The smallest absolute Gasteiger partial charge is 0.249 e. The van der Waals surface area contributed by atoms with Crippen molar-refractivity contribution in [1.29, 1.82) is 0 Å². The van der Waals surface area contributed by atoms with E-state index in [4.69, 9.17) is 5.73 Å². The monoisotopic (exact) mass is 262 g/mol. The number of rotatable bonds is 3. The van der Waals surface area contributed by atoms with Gasteiger partial charge >= 0.3 is 0 Å². The minimum absolute atomic E-state index is 0.0755. The predicted molar refractivity (Wildman–Crippen MR) is 66.7 cm³/mol. The standard InChI is InChI=1S/C12H14N4O3/c13-8-6-14-4-3-7(8)5-11(18)15-9-1-2-10(17)16-12(9)19/h3-4,6,9H,1-2,5,13H2,(H,15,18)(H,16,17,19). The topological polar surface area (TPSA) is 114 Å². The molecular weight excluding hydrogens is 248 g/mol. The Morgan fingerprint density at radius 2 is 2.32 bits per heavy atom. The first-order valence-corrected chi connectivity index (χ1v) is 5.87. The molecule has 2 rings (SSSR count). The molecule has 1 saturated heterocycles. The first kappa shape index (κ1) is 13.0. The van der Waals surface area contributed by atoms with E-state index in [1.807, 2.05) is 0 Å². The molecule has 2 heterocycles. The fourth-order valence-electron chi connectivity index (χ4n) is 1.85. The van der Waals surface area contributed by atoms with Gasteiger partial charge in [0, 0.05) is 12.6 Å². The number of amides is 3. The summed E-state index contributed by atoms with van der Waals surface area (Å²) in [6, 6.07) is 0.993. The molecule has 0 saturated carbocycles. The van der Waals surface area contributed by atoms with Crippen molar-refractivity contribution in [2.24, 2.45) is 0 Å². The number of nitrogens with two attached hydrogens (primary N) is 1. The van der Waals surface area contributed by atoms with Crippen LogP contribution in [0.5, 0.6) is 0 Å². The first-order chi connectivity index (χ1) is 9.06. The van der Waals surface area contributed by atoms with Crippen molar-refractivity contribution in [3.05, 3.63) is 24.0 Å². The number of piperidine rings is 1. The highest BCUT2D eigenvalue weighted by molar-refractivity contribution is 6.01. The second-order valence-corrected chi connectivity index (χ2v) is 4.32. The summed E-state index contributed by atoms with van der Waals surface area (Å²) in [4.78, 5) is 38.1. The summed E-state index contributed by atoms with van der Waals surface area (Å²) in [5, 5.41) is 4.77. The second kappa shape index (κ2) is 5.47. The maximum atomic E-state index is 11.8. The molecule has 1 aliphatic rings. The lowest BCUT2D eigenvalue weighted by Gasteiger charge is -2.21. The molecule has 0 radical (unpaired) electrons. The highest BCUT2D eigenvalue weighted by Gasteiger charge is 2.27. The van der Waals surface area contributed by atoms with E-state index in [-0.39, 0.29) is 24.7 Å². The molecule has 7 nitrogen and oxygen atoms in total. The van der Waals surface area contributed by atoms with Crippen molar-refractivity contribution in [3.8, 4) is 0 Å². The van der Waals surface area contributed by atoms with Gasteiger partial charge in [-0.15, -0.1) is 0 Å². The Bertz CT molecular complexity index is 529. The van der Waals surface area contributed by atoms with Crippen LogP contribution in [0.2, 0.25) is 0 Å². The highest BCUT2D eigenvalue weighted by atomic mass is 16.2. The molecule has 4 N–H and O–H groups in total. The molecule has 1 aromatic heterocycles. The Kier molecular flexibility index (Phi) is 3.74. The van der Waals surface area contributed by atoms with Crippen molar-refractivity contribution in [2.75, 3.05) is 5.73 Å². The van der Waals surface area contributed by atoms with Gasteiger partial charge in [-0.05, 0) is 18.1 Å². The number of pyridine rings is 1. The van der Waals surface area contributed by atoms with Crippen molar-refractivity contribution in [2.45, 2.75) is 25.3 Å². The lowest BCUT2D eigenvalue weighted by Crippen LogP contribution is -2.52. The molecule has 1 aliphatic heterocycles. The molecule has 0 bridgehead atoms. The number of imide groups is 1. The van der Waals surface area contributed by atoms with Crippen LogP contribution in [0.25, 0.3) is 0 Å². The zero-order valence-electron chi connectivity index (χ0n) is 10.2. The molecule has 1 unspecified atom stereocenters. The molecule has 1 aromatic rings. The zero-order chi connectivity index (χ0) is 13.8. The predicted octanol–water partition coefficient (Wildman–Crippen LogP) is -0.872. The third-order valence-electron chi connectivity index (χ3n) is 2.87. The number of anilines is 1. The summed E-state index contributed by atoms with van der Waals surface area (Å²) in [6.07, 6.45) is 3.64. The molecular formula is C12H14N4O3. The van der Waals surface area contributed by atoms with Gasteiger partial charge in [0.25, 0.3) is 0 Å². The number of carbonyl (C=O) groups is 3. The number of nitrogens with zero attached hydrogens (tertiary/aromatic N) is 1. The van der Waals surface area contributed by atoms with E-state index in [1.54, 1.807) is 12.3 Å². The van der Waals surface area contributed by atoms with Gasteiger partial charge in [0.2, 0.25) is 17.7 Å². The third-order valence-corrected chi connectivity index (χ3v) is 2.87. The number of nitrogen functional groups attached to an aromatic ring is 1. The Morgan fingerprint density at radius 3 is 3.00 bits per heavy atom. The molecule has 1 atom stereocenters. The van der Waals surface area contributed by atoms with Crippen molar-refractivity contribution in [1.82, 2.24) is 15.6 Å². The van der Waals surface area contributed by atoms with E-state index in [1.165, 1.54) is 6.20 Å². The molecule has 19 heavy (non-hydrogen) atoms. The second-order valence-electron chi connectivity index (χ2n) is 4.32. The van der Waals surface area contributed by atoms with E-state index in [9.17, 15) is 14.4 Å². The highest BCUT2D eigenvalue weighted by Crippen LogP contribution is 2.10. The van der Waals surface area contributed by atoms with E-state index >= 15 is 0 Å². The largest absolute Gasteiger partial charge is 0.397 e. The van der Waals surface area contributed by atoms with Crippen molar-refractivity contribution in [3.63, 3.8) is 0 Å². The normalized spacial score (nSPS) is 18.8. The molecule has 3 amide bonds. The summed E-state index contributed by atoms with van der Waals surface area (Å²) in [7, 11) is 0. The van der Waals surface area contributed by atoms with Crippen molar-refractivity contribution < 1.29 is 14.4 Å². The zero-order valence-corrected chi connectivity index (χ0v) is 10.2. The number of carbonyl (C=O) groups excluding carboxylic acids is 3. The minimum atomic E-state index is -0.659. The Balaban J connectivity index is 1.93. The van der Waals surface area contributed by atoms with Gasteiger partial charge in [-0.1, -0.05) is 0 Å². The summed E-state index contributed by atoms with van der Waals surface area (Å²) < 4.78 is 0. The van der Waals surface area contributed by atoms with Gasteiger partial charge in [-0.3, -0.25) is 24.7 Å². The maximum absolute atomic E-state index is 11.8. The fourth-order valence-corrected chi connectivity index (χ4v) is 1.85. The van der Waals surface area contributed by atoms with Crippen LogP contribution in [-0.2, 0) is 20.8 Å². The number of nitrogens with one attached hydrogen (secondary N) is 2. The van der Waals surface area contributed by atoms with Crippen molar-refractivity contribution >= 4 is 23.4 Å². The Morgan fingerprint density at radius 1 is 1.53 bits per heavy atom. The van der Waals surface area contributed by atoms with E-state index in [0.29, 0.717) is 17.7 Å². The van der Waals surface area contributed by atoms with Crippen LogP contribution < -0.4 is 16.4 Å². The van der Waals surface area contributed by atoms with Crippen LogP contribution in [0.1, 0.15) is 18.4 Å². The number of hydrogen-bond donors (Lipinski definition) is 3. The maximum Gasteiger partial charge on any atom is 0.249 e. The number of hydrogen-bond acceptors (Lipinski definition) is 5. The van der Waals surface area contributed by atoms with Crippen LogP contribution in [0.3, 0.4) is 0 Å². The average Bonchev–Trinajstić information content (AvgIpc) is 2.36. The molecule has 1 fully saturated rings. The van der Waals surface area contributed by atoms with Crippen LogP contribution in [-0.4, -0.2) is 28.7 Å². The third kappa shape index (κ3) is 3.27. The first-order valence-electron chi connectivity index (χ1n) is 5.87. The summed E-state index contributed by atoms with van der Waals surface area (Å²) >= 11 is 0. The summed E-state index contributed by atoms with van der Waals surface area (Å²) in [5.74, 6) is -1.09. The van der Waals surface area contributed by atoms with E-state index < -0.39 is 11.9 Å². The van der Waals surface area contributed by atoms with Crippen LogP contribution in [0.4, 0.5) is 5.69 Å². The molecule has 100 valence electrons. The molecule has 0 aliphatic carbocycles. The van der Waals surface area contributed by atoms with Gasteiger partial charge < -0.3 is 11.1 Å². The average molecular weight is 262 g/mol. The Hall–Kier alpha value is -2.44. The van der Waals surface area contributed by atoms with Crippen LogP contribution in [0.15, 0.2) is 18.5 Å². The molecule has 7 heteroatoms. The molecule has 0 aromatic carbocycles. The SMILES string of the molecule is Nc1cnccc1CC(=O)NC1CCC(=O)NC1=O. The molecule has 0 spiro atoms. The van der Waals surface area contributed by atoms with Gasteiger partial charge in [0.1, 0.15) is 6.04 Å². The van der Waals surface area contributed by atoms with Gasteiger partial charge in [0.15, 0.2) is 0 Å². The van der Waals surface area contributed by atoms with E-state index in [2.05, 4.69) is 15.6 Å². The van der Waals surface area contributed by atoms with Crippen LogP contribution >= 0.6 is 0 Å². The number of aromatic nitrogens is 1. The van der Waals surface area contributed by atoms with Crippen LogP contribution in [0, 0.1) is 0 Å². The lowest BCUT2D eigenvalue weighted by molar-refractivity contribution is -0.137. The van der Waals surface area contributed by atoms with Gasteiger partial charge in [0.05, 0.1) is 18.3 Å². The van der Waals surface area contributed by atoms with Gasteiger partial charge in [-0.25, -0.2) is 0 Å². The fraction of sp³-hybridized carbons (Fsp3) is 0.333. The minimum Gasteiger partial charge on any atom is -0.397 e. The Labute approximate surface area is 109 Å². The summed E-state index contributed by atoms with van der Waals surface area (Å²) in [5.41, 5.74) is 6.77. The summed E-state index contributed by atoms with van der Waals surface area (Å²) in [6.45, 7) is 0. The lowest BCUT2D eigenvalue weighted by atomic mass is 10.1. The van der Waals surface area contributed by atoms with E-state index in [0.717, 1.165) is 0 Å². The van der Waals surface area contributed by atoms with Gasteiger partial charge in [-0.2, -0.15) is 0 Å².